The van der Waals surface area contributed by atoms with Crippen LogP contribution < -0.4 is 0 Å². The lowest BCUT2D eigenvalue weighted by Crippen LogP contribution is -1.94. The third-order valence-electron chi connectivity index (χ3n) is 12.5. The molecule has 2 nitrogen and oxygen atoms in total. The summed E-state index contributed by atoms with van der Waals surface area (Å²) < 4.78 is 8.50. The molecule has 0 aliphatic rings. The third-order valence-corrected chi connectivity index (χ3v) is 12.5. The van der Waals surface area contributed by atoms with Crippen LogP contribution in [0.1, 0.15) is 0 Å². The van der Waals surface area contributed by atoms with Crippen molar-refractivity contribution in [3.8, 4) is 72.4 Å². The zero-order valence-electron chi connectivity index (χ0n) is 33.9. The Hall–Kier alpha value is -8.20. The van der Waals surface area contributed by atoms with Crippen molar-refractivity contribution in [1.29, 1.82) is 0 Å². The molecule has 10 aromatic carbocycles. The quantitative estimate of drug-likeness (QED) is 0.157. The molecular weight excluding hydrogens is 751 g/mol. The normalized spacial score (nSPS) is 11.5. The molecule has 12 rings (SSSR count). The van der Waals surface area contributed by atoms with Crippen molar-refractivity contribution in [2.45, 2.75) is 0 Å². The lowest BCUT2D eigenvalue weighted by Gasteiger charge is -2.11. The maximum atomic E-state index is 6.08. The molecule has 0 saturated carbocycles. The van der Waals surface area contributed by atoms with Crippen LogP contribution >= 0.6 is 0 Å². The van der Waals surface area contributed by atoms with Crippen molar-refractivity contribution >= 4 is 43.7 Å². The second-order valence-corrected chi connectivity index (χ2v) is 16.1. The lowest BCUT2D eigenvalue weighted by molar-refractivity contribution is 0.669. The predicted octanol–water partition coefficient (Wildman–Crippen LogP) is 16.7. The highest BCUT2D eigenvalue weighted by Crippen LogP contribution is 2.39. The minimum absolute atomic E-state index is 0.915. The molecule has 0 radical (unpaired) electrons. The summed E-state index contributed by atoms with van der Waals surface area (Å²) in [6.45, 7) is 0. The molecule has 0 bridgehead atoms. The van der Waals surface area contributed by atoms with Crippen LogP contribution in [-0.4, -0.2) is 4.57 Å². The van der Waals surface area contributed by atoms with E-state index >= 15 is 0 Å². The van der Waals surface area contributed by atoms with Gasteiger partial charge in [0.05, 0.1) is 11.0 Å². The summed E-state index contributed by atoms with van der Waals surface area (Å²) in [7, 11) is 0. The Morgan fingerprint density at radius 3 is 1.02 bits per heavy atom. The number of benzene rings is 10. The van der Waals surface area contributed by atoms with Gasteiger partial charge in [-0.2, -0.15) is 0 Å². The van der Waals surface area contributed by atoms with E-state index in [1.165, 1.54) is 88.6 Å². The van der Waals surface area contributed by atoms with Gasteiger partial charge in [0.15, 0.2) is 0 Å². The standard InChI is InChI=1S/C60H39NO/c1-3-9-40(10-4-1)42-15-21-46(22-16-42)49-29-34-57-54(37-49)55-38-50(47-23-17-43(18-24-47)41-11-5-2-6-12-41)30-35-58(55)61(57)52-32-27-45(28-33-52)44-19-25-48(26-20-44)51-31-36-60-56(39-51)53-13-7-8-14-59(53)62-60/h1-39H. The number of aromatic nitrogens is 1. The SMILES string of the molecule is c1ccc(-c2ccc(-c3ccc4c(c3)c3cc(-c5ccc(-c6ccccc6)cc5)ccc3n4-c3ccc(-c4ccc(-c5ccc6oc7ccccc7c6c5)cc4)cc3)cc2)cc1. The van der Waals surface area contributed by atoms with E-state index in [1.54, 1.807) is 0 Å². The number of para-hydroxylation sites is 1. The van der Waals surface area contributed by atoms with Crippen LogP contribution in [0.25, 0.3) is 116 Å². The van der Waals surface area contributed by atoms with Gasteiger partial charge in [0.25, 0.3) is 0 Å². The van der Waals surface area contributed by atoms with E-state index in [1.807, 2.05) is 12.1 Å². The van der Waals surface area contributed by atoms with Gasteiger partial charge in [-0.25, -0.2) is 0 Å². The van der Waals surface area contributed by atoms with Crippen LogP contribution in [0, 0.1) is 0 Å². The van der Waals surface area contributed by atoms with Crippen molar-refractivity contribution < 1.29 is 4.42 Å². The fourth-order valence-corrected chi connectivity index (χ4v) is 9.20. The molecule has 0 aliphatic carbocycles. The Labute approximate surface area is 360 Å². The van der Waals surface area contributed by atoms with Gasteiger partial charge in [-0.05, 0) is 121 Å². The zero-order valence-corrected chi connectivity index (χ0v) is 33.9. The van der Waals surface area contributed by atoms with Crippen LogP contribution in [0.5, 0.6) is 0 Å². The van der Waals surface area contributed by atoms with Gasteiger partial charge >= 0.3 is 0 Å². The maximum absolute atomic E-state index is 6.08. The molecule has 62 heavy (non-hydrogen) atoms. The monoisotopic (exact) mass is 789 g/mol. The number of fused-ring (bicyclic) bond motifs is 6. The summed E-state index contributed by atoms with van der Waals surface area (Å²) in [6, 6.07) is 85.5. The molecule has 0 spiro atoms. The molecule has 0 atom stereocenters. The van der Waals surface area contributed by atoms with Gasteiger partial charge in [0.2, 0.25) is 0 Å². The molecule has 2 aromatic heterocycles. The highest BCUT2D eigenvalue weighted by molar-refractivity contribution is 6.12. The average molecular weight is 790 g/mol. The van der Waals surface area contributed by atoms with Gasteiger partial charge in [-0.3, -0.25) is 0 Å². The zero-order chi connectivity index (χ0) is 41.0. The van der Waals surface area contributed by atoms with Gasteiger partial charge < -0.3 is 8.98 Å². The van der Waals surface area contributed by atoms with E-state index in [-0.39, 0.29) is 0 Å². The van der Waals surface area contributed by atoms with E-state index in [4.69, 9.17) is 4.42 Å². The number of hydrogen-bond acceptors (Lipinski definition) is 1. The summed E-state index contributed by atoms with van der Waals surface area (Å²) in [5.74, 6) is 0. The van der Waals surface area contributed by atoms with Gasteiger partial charge in [0, 0.05) is 27.2 Å². The number of furan rings is 1. The molecule has 0 unspecified atom stereocenters. The van der Waals surface area contributed by atoms with E-state index in [9.17, 15) is 0 Å². The number of rotatable bonds is 7. The first-order valence-electron chi connectivity index (χ1n) is 21.2. The van der Waals surface area contributed by atoms with Crippen LogP contribution in [-0.2, 0) is 0 Å². The molecular formula is C60H39NO. The molecule has 2 heteroatoms. The first-order valence-corrected chi connectivity index (χ1v) is 21.2. The summed E-state index contributed by atoms with van der Waals surface area (Å²) in [4.78, 5) is 0. The molecule has 0 saturated heterocycles. The Morgan fingerprint density at radius 1 is 0.226 bits per heavy atom. The van der Waals surface area contributed by atoms with Crippen molar-refractivity contribution in [1.82, 2.24) is 4.57 Å². The predicted molar refractivity (Wildman–Crippen MR) is 261 cm³/mol. The van der Waals surface area contributed by atoms with Crippen molar-refractivity contribution in [2.24, 2.45) is 0 Å². The molecule has 0 N–H and O–H groups in total. The van der Waals surface area contributed by atoms with Crippen LogP contribution in [0.2, 0.25) is 0 Å². The van der Waals surface area contributed by atoms with E-state index in [2.05, 4.69) is 229 Å². The molecule has 0 amide bonds. The van der Waals surface area contributed by atoms with E-state index in [0.29, 0.717) is 0 Å². The van der Waals surface area contributed by atoms with Crippen molar-refractivity contribution in [2.75, 3.05) is 0 Å². The first kappa shape index (κ1) is 35.7. The Kier molecular flexibility index (Phi) is 8.53. The number of nitrogens with zero attached hydrogens (tertiary/aromatic N) is 1. The summed E-state index contributed by atoms with van der Waals surface area (Å²) in [6.07, 6.45) is 0. The Bertz CT molecular complexity index is 3420. The minimum atomic E-state index is 0.915. The largest absolute Gasteiger partial charge is 0.456 e. The lowest BCUT2D eigenvalue weighted by atomic mass is 9.97. The van der Waals surface area contributed by atoms with Gasteiger partial charge in [0.1, 0.15) is 11.2 Å². The highest BCUT2D eigenvalue weighted by Gasteiger charge is 2.16. The molecule has 0 fully saturated rings. The van der Waals surface area contributed by atoms with Crippen LogP contribution in [0.15, 0.2) is 241 Å². The van der Waals surface area contributed by atoms with Crippen molar-refractivity contribution in [3.05, 3.63) is 237 Å². The highest BCUT2D eigenvalue weighted by atomic mass is 16.3. The van der Waals surface area contributed by atoms with Crippen molar-refractivity contribution in [3.63, 3.8) is 0 Å². The Balaban J connectivity index is 0.908. The van der Waals surface area contributed by atoms with Gasteiger partial charge in [-0.15, -0.1) is 0 Å². The fraction of sp³-hybridized carbons (Fsp3) is 0. The second kappa shape index (κ2) is 14.8. The van der Waals surface area contributed by atoms with E-state index < -0.39 is 0 Å². The molecule has 12 aromatic rings. The summed E-state index contributed by atoms with van der Waals surface area (Å²) in [5.41, 5.74) is 19.7. The minimum Gasteiger partial charge on any atom is -0.456 e. The van der Waals surface area contributed by atoms with Crippen LogP contribution in [0.4, 0.5) is 0 Å². The first-order chi connectivity index (χ1) is 30.7. The molecule has 0 aliphatic heterocycles. The smallest absolute Gasteiger partial charge is 0.135 e. The third kappa shape index (κ3) is 6.29. The van der Waals surface area contributed by atoms with Crippen LogP contribution in [0.3, 0.4) is 0 Å². The van der Waals surface area contributed by atoms with Gasteiger partial charge in [-0.1, -0.05) is 182 Å². The average Bonchev–Trinajstić information content (AvgIpc) is 3.89. The molecule has 290 valence electrons. The molecule has 2 heterocycles. The second-order valence-electron chi connectivity index (χ2n) is 16.1. The summed E-state index contributed by atoms with van der Waals surface area (Å²) >= 11 is 0. The van der Waals surface area contributed by atoms with E-state index in [0.717, 1.165) is 27.6 Å². The maximum Gasteiger partial charge on any atom is 0.135 e. The topological polar surface area (TPSA) is 18.1 Å². The number of hydrogen-bond donors (Lipinski definition) is 0. The Morgan fingerprint density at radius 2 is 0.548 bits per heavy atom. The fourth-order valence-electron chi connectivity index (χ4n) is 9.20. The summed E-state index contributed by atoms with van der Waals surface area (Å²) in [5, 5.41) is 4.75.